The molecule has 1 aliphatic heterocycles. The second-order valence-electron chi connectivity index (χ2n) is 6.06. The molecule has 0 atom stereocenters. The largest absolute Gasteiger partial charge is 0.507 e. The highest BCUT2D eigenvalue weighted by Crippen LogP contribution is 2.34. The normalized spacial score (nSPS) is 15.6. The molecule has 1 fully saturated rings. The fourth-order valence-corrected chi connectivity index (χ4v) is 4.52. The van der Waals surface area contributed by atoms with Crippen LogP contribution in [0.4, 0.5) is 0 Å². The average Bonchev–Trinajstić information content (AvgIpc) is 3.07. The van der Waals surface area contributed by atoms with Crippen LogP contribution in [0.1, 0.15) is 24.0 Å². The van der Waals surface area contributed by atoms with Gasteiger partial charge in [-0.3, -0.25) is 0 Å². The number of phenols is 1. The SMILES string of the molecule is Cc1cccc(C)c1Oc1ccc(O)c(S(=O)(=O)N2CCCC2)c1. The third kappa shape index (κ3) is 3.12. The standard InChI is InChI=1S/C18H21NO4S/c1-13-6-5-7-14(2)18(13)23-15-8-9-16(20)17(12-15)24(21,22)19-10-3-4-11-19/h5-9,12,20H,3-4,10-11H2,1-2H3. The minimum atomic E-state index is -3.70. The van der Waals surface area contributed by atoms with E-state index in [1.807, 2.05) is 32.0 Å². The summed E-state index contributed by atoms with van der Waals surface area (Å²) in [5.74, 6) is 0.839. The van der Waals surface area contributed by atoms with Gasteiger partial charge >= 0.3 is 0 Å². The number of hydrogen-bond acceptors (Lipinski definition) is 4. The summed E-state index contributed by atoms with van der Waals surface area (Å²) in [4.78, 5) is -0.104. The number of para-hydroxylation sites is 1. The molecule has 0 bridgehead atoms. The predicted octanol–water partition coefficient (Wildman–Crippen LogP) is 3.59. The number of rotatable bonds is 4. The fourth-order valence-electron chi connectivity index (χ4n) is 2.91. The van der Waals surface area contributed by atoms with Crippen molar-refractivity contribution in [2.45, 2.75) is 31.6 Å². The van der Waals surface area contributed by atoms with Gasteiger partial charge in [0.2, 0.25) is 10.0 Å². The van der Waals surface area contributed by atoms with Crippen molar-refractivity contribution < 1.29 is 18.3 Å². The van der Waals surface area contributed by atoms with E-state index in [4.69, 9.17) is 4.74 Å². The van der Waals surface area contributed by atoms with E-state index in [9.17, 15) is 13.5 Å². The lowest BCUT2D eigenvalue weighted by Gasteiger charge is -2.18. The second-order valence-corrected chi connectivity index (χ2v) is 7.97. The van der Waals surface area contributed by atoms with E-state index in [0.717, 1.165) is 24.0 Å². The molecule has 0 radical (unpaired) electrons. The molecule has 2 aromatic rings. The molecule has 0 unspecified atom stereocenters. The number of aromatic hydroxyl groups is 1. The molecule has 6 heteroatoms. The minimum Gasteiger partial charge on any atom is -0.507 e. The third-order valence-electron chi connectivity index (χ3n) is 4.24. The highest BCUT2D eigenvalue weighted by Gasteiger charge is 2.30. The first-order valence-electron chi connectivity index (χ1n) is 7.97. The summed E-state index contributed by atoms with van der Waals surface area (Å²) < 4.78 is 32.7. The van der Waals surface area contributed by atoms with E-state index in [-0.39, 0.29) is 10.6 Å². The first-order chi connectivity index (χ1) is 11.4. The van der Waals surface area contributed by atoms with Crippen LogP contribution in [-0.4, -0.2) is 30.9 Å². The number of nitrogens with zero attached hydrogens (tertiary/aromatic N) is 1. The molecule has 3 rings (SSSR count). The molecule has 24 heavy (non-hydrogen) atoms. The number of aryl methyl sites for hydroxylation is 2. The predicted molar refractivity (Wildman–Crippen MR) is 92.1 cm³/mol. The van der Waals surface area contributed by atoms with Crippen LogP contribution < -0.4 is 4.74 Å². The Morgan fingerprint density at radius 1 is 1.04 bits per heavy atom. The summed E-state index contributed by atoms with van der Waals surface area (Å²) in [5.41, 5.74) is 1.93. The van der Waals surface area contributed by atoms with Crippen molar-refractivity contribution in [3.63, 3.8) is 0 Å². The van der Waals surface area contributed by atoms with Gasteiger partial charge in [-0.05, 0) is 49.9 Å². The van der Waals surface area contributed by atoms with E-state index in [1.54, 1.807) is 6.07 Å². The second kappa shape index (κ2) is 6.45. The summed E-state index contributed by atoms with van der Waals surface area (Å²) in [5, 5.41) is 10.0. The lowest BCUT2D eigenvalue weighted by molar-refractivity contribution is 0.435. The first-order valence-corrected chi connectivity index (χ1v) is 9.41. The van der Waals surface area contributed by atoms with Crippen molar-refractivity contribution in [2.75, 3.05) is 13.1 Å². The summed E-state index contributed by atoms with van der Waals surface area (Å²) in [6, 6.07) is 10.2. The van der Waals surface area contributed by atoms with Crippen molar-refractivity contribution in [1.29, 1.82) is 0 Å². The van der Waals surface area contributed by atoms with E-state index in [1.165, 1.54) is 16.4 Å². The molecule has 2 aromatic carbocycles. The van der Waals surface area contributed by atoms with Crippen LogP contribution in [0.2, 0.25) is 0 Å². The van der Waals surface area contributed by atoms with E-state index in [0.29, 0.717) is 24.6 Å². The van der Waals surface area contributed by atoms with Gasteiger partial charge in [-0.2, -0.15) is 4.31 Å². The summed E-state index contributed by atoms with van der Waals surface area (Å²) in [6.07, 6.45) is 1.69. The Bertz CT molecular complexity index is 835. The van der Waals surface area contributed by atoms with Gasteiger partial charge in [-0.1, -0.05) is 18.2 Å². The number of ether oxygens (including phenoxy) is 1. The highest BCUT2D eigenvalue weighted by atomic mass is 32.2. The zero-order valence-electron chi connectivity index (χ0n) is 13.8. The molecule has 0 amide bonds. The molecular weight excluding hydrogens is 326 g/mol. The van der Waals surface area contributed by atoms with Gasteiger partial charge in [0.25, 0.3) is 0 Å². The Labute approximate surface area is 142 Å². The van der Waals surface area contributed by atoms with Crippen LogP contribution in [0.5, 0.6) is 17.2 Å². The Hall–Kier alpha value is -2.05. The topological polar surface area (TPSA) is 66.8 Å². The lowest BCUT2D eigenvalue weighted by Crippen LogP contribution is -2.27. The number of sulfonamides is 1. The minimum absolute atomic E-state index is 0.104. The maximum absolute atomic E-state index is 12.7. The maximum Gasteiger partial charge on any atom is 0.246 e. The van der Waals surface area contributed by atoms with E-state index < -0.39 is 10.0 Å². The van der Waals surface area contributed by atoms with E-state index in [2.05, 4.69) is 0 Å². The van der Waals surface area contributed by atoms with Crippen LogP contribution in [0.15, 0.2) is 41.3 Å². The number of hydrogen-bond donors (Lipinski definition) is 1. The molecule has 1 aliphatic rings. The van der Waals surface area contributed by atoms with Gasteiger partial charge in [-0.15, -0.1) is 0 Å². The Kier molecular flexibility index (Phi) is 4.51. The number of benzene rings is 2. The van der Waals surface area contributed by atoms with Gasteiger partial charge in [0, 0.05) is 19.2 Å². The lowest BCUT2D eigenvalue weighted by atomic mass is 10.1. The van der Waals surface area contributed by atoms with Crippen LogP contribution in [-0.2, 0) is 10.0 Å². The third-order valence-corrected chi connectivity index (χ3v) is 6.17. The van der Waals surface area contributed by atoms with Crippen LogP contribution in [0.3, 0.4) is 0 Å². The van der Waals surface area contributed by atoms with Crippen LogP contribution in [0, 0.1) is 13.8 Å². The smallest absolute Gasteiger partial charge is 0.246 e. The molecule has 0 spiro atoms. The summed E-state index contributed by atoms with van der Waals surface area (Å²) >= 11 is 0. The molecule has 5 nitrogen and oxygen atoms in total. The monoisotopic (exact) mass is 347 g/mol. The molecule has 0 aromatic heterocycles. The van der Waals surface area contributed by atoms with Gasteiger partial charge in [0.05, 0.1) is 0 Å². The molecule has 1 heterocycles. The molecule has 1 N–H and O–H groups in total. The zero-order valence-corrected chi connectivity index (χ0v) is 14.6. The van der Waals surface area contributed by atoms with Gasteiger partial charge in [0.1, 0.15) is 22.1 Å². The van der Waals surface area contributed by atoms with Gasteiger partial charge < -0.3 is 9.84 Å². The highest BCUT2D eigenvalue weighted by molar-refractivity contribution is 7.89. The Morgan fingerprint density at radius 3 is 2.29 bits per heavy atom. The van der Waals surface area contributed by atoms with Crippen molar-refractivity contribution in [2.24, 2.45) is 0 Å². The quantitative estimate of drug-likeness (QED) is 0.918. The van der Waals surface area contributed by atoms with E-state index >= 15 is 0 Å². The summed E-state index contributed by atoms with van der Waals surface area (Å²) in [7, 11) is -3.70. The fraction of sp³-hybridized carbons (Fsp3) is 0.333. The maximum atomic E-state index is 12.7. The van der Waals surface area contributed by atoms with Crippen molar-refractivity contribution in [1.82, 2.24) is 4.31 Å². The molecule has 1 saturated heterocycles. The van der Waals surface area contributed by atoms with Crippen molar-refractivity contribution >= 4 is 10.0 Å². The molecule has 0 saturated carbocycles. The van der Waals surface area contributed by atoms with Crippen LogP contribution >= 0.6 is 0 Å². The molecule has 128 valence electrons. The van der Waals surface area contributed by atoms with Gasteiger partial charge in [-0.25, -0.2) is 8.42 Å². The Morgan fingerprint density at radius 2 is 1.67 bits per heavy atom. The average molecular weight is 347 g/mol. The first kappa shape index (κ1) is 16.8. The Balaban J connectivity index is 1.98. The van der Waals surface area contributed by atoms with Crippen molar-refractivity contribution in [3.8, 4) is 17.2 Å². The van der Waals surface area contributed by atoms with Crippen molar-refractivity contribution in [3.05, 3.63) is 47.5 Å². The zero-order chi connectivity index (χ0) is 17.3. The molecule has 0 aliphatic carbocycles. The number of phenolic OH excluding ortho intramolecular Hbond substituents is 1. The molecular formula is C18H21NO4S. The van der Waals surface area contributed by atoms with Gasteiger partial charge in [0.15, 0.2) is 0 Å². The summed E-state index contributed by atoms with van der Waals surface area (Å²) in [6.45, 7) is 4.85. The van der Waals surface area contributed by atoms with Crippen LogP contribution in [0.25, 0.3) is 0 Å².